The number of ether oxygens (including phenoxy) is 1. The molecule has 0 aliphatic carbocycles. The first-order valence-electron chi connectivity index (χ1n) is 6.20. The van der Waals surface area contributed by atoms with Gasteiger partial charge in [-0.2, -0.15) is 0 Å². The molecule has 0 saturated carbocycles. The number of hydrogen-bond donors (Lipinski definition) is 1. The van der Waals surface area contributed by atoms with Crippen molar-refractivity contribution in [2.45, 2.75) is 13.5 Å². The molecule has 0 aliphatic rings. The Labute approximate surface area is 117 Å². The highest BCUT2D eigenvalue weighted by molar-refractivity contribution is 5.46. The number of hydrogen-bond acceptors (Lipinski definition) is 3. The maximum Gasteiger partial charge on any atom is 0.441 e. The summed E-state index contributed by atoms with van der Waals surface area (Å²) in [4.78, 5) is 3.65. The molecule has 0 heterocycles. The molecule has 0 aliphatic heterocycles. The summed E-state index contributed by atoms with van der Waals surface area (Å²) in [6.07, 6.45) is 0. The van der Waals surface area contributed by atoms with Crippen molar-refractivity contribution >= 4 is 11.6 Å². The zero-order chi connectivity index (χ0) is 14.2. The third-order valence-corrected chi connectivity index (χ3v) is 2.56. The zero-order valence-corrected chi connectivity index (χ0v) is 11.2. The van der Waals surface area contributed by atoms with Crippen LogP contribution in [0.15, 0.2) is 65.7 Å². The van der Waals surface area contributed by atoms with Crippen LogP contribution in [-0.2, 0) is 11.3 Å². The lowest BCUT2D eigenvalue weighted by atomic mass is 10.2. The third-order valence-electron chi connectivity index (χ3n) is 2.56. The van der Waals surface area contributed by atoms with Crippen LogP contribution in [0, 0.1) is 6.92 Å². The van der Waals surface area contributed by atoms with Crippen molar-refractivity contribution in [3.63, 3.8) is 0 Å². The van der Waals surface area contributed by atoms with Crippen LogP contribution < -0.4 is 0 Å². The van der Waals surface area contributed by atoms with Crippen LogP contribution in [0.2, 0.25) is 0 Å². The number of aliphatic hydroxyl groups excluding tert-OH is 1. The lowest BCUT2D eigenvalue weighted by Crippen LogP contribution is -1.93. The minimum atomic E-state index is -0.385. The van der Waals surface area contributed by atoms with Crippen molar-refractivity contribution in [3.05, 3.63) is 71.7 Å². The van der Waals surface area contributed by atoms with Gasteiger partial charge in [-0.25, -0.2) is 0 Å². The van der Waals surface area contributed by atoms with E-state index in [0.717, 1.165) is 11.1 Å². The van der Waals surface area contributed by atoms with Gasteiger partial charge in [0.05, 0.1) is 0 Å². The summed E-state index contributed by atoms with van der Waals surface area (Å²) in [5.74, 6) is 1.94. The van der Waals surface area contributed by atoms with E-state index in [1.165, 1.54) is 0 Å². The van der Waals surface area contributed by atoms with Gasteiger partial charge in [-0.05, 0) is 24.6 Å². The topological polar surface area (TPSA) is 55.9 Å². The molecule has 0 unspecified atom stereocenters. The fourth-order valence-electron chi connectivity index (χ4n) is 1.50. The fourth-order valence-corrected chi connectivity index (χ4v) is 1.50. The Balaban J connectivity index is 1.98. The second-order valence-corrected chi connectivity index (χ2v) is 4.23. The fraction of sp³-hybridized carbons (Fsp3) is 0.125. The molecule has 0 aromatic heterocycles. The van der Waals surface area contributed by atoms with Gasteiger partial charge in [-0.15, -0.1) is 0 Å². The molecule has 0 amide bonds. The monoisotopic (exact) mass is 267 g/mol. The molecular weight excluding hydrogens is 252 g/mol. The Kier molecular flexibility index (Phi) is 4.74. The van der Waals surface area contributed by atoms with Crippen LogP contribution in [0.3, 0.4) is 0 Å². The largest absolute Gasteiger partial charge is 0.470 e. The van der Waals surface area contributed by atoms with Crippen LogP contribution in [-0.4, -0.2) is 15.8 Å². The van der Waals surface area contributed by atoms with Crippen LogP contribution >= 0.6 is 0 Å². The molecule has 2 aromatic rings. The van der Waals surface area contributed by atoms with Crippen molar-refractivity contribution < 1.29 is 14.6 Å². The third kappa shape index (κ3) is 4.46. The zero-order valence-electron chi connectivity index (χ0n) is 11.2. The molecular formula is C16H15N2O2+. The van der Waals surface area contributed by atoms with Crippen molar-refractivity contribution in [2.75, 3.05) is 0 Å². The van der Waals surface area contributed by atoms with Crippen molar-refractivity contribution in [1.29, 1.82) is 0 Å². The van der Waals surface area contributed by atoms with Gasteiger partial charge < -0.3 is 9.84 Å². The standard InChI is InChI=1S/C16H14N2O2/c1-13-7-9-15(10-8-13)18-17-11-16(19)20-12-14-5-3-2-4-6-14/h2-10H,12H2,1H3/p+1. The second kappa shape index (κ2) is 6.95. The molecule has 0 spiro atoms. The molecule has 0 saturated heterocycles. The first-order chi connectivity index (χ1) is 9.74. The van der Waals surface area contributed by atoms with Gasteiger partial charge in [-0.1, -0.05) is 48.0 Å². The Morgan fingerprint density at radius 2 is 1.85 bits per heavy atom. The van der Waals surface area contributed by atoms with Crippen molar-refractivity contribution in [1.82, 2.24) is 0 Å². The Morgan fingerprint density at radius 3 is 2.55 bits per heavy atom. The lowest BCUT2D eigenvalue weighted by molar-refractivity contribution is -0.0720. The van der Waals surface area contributed by atoms with Crippen LogP contribution in [0.1, 0.15) is 11.1 Å². The van der Waals surface area contributed by atoms with E-state index in [1.807, 2.05) is 61.5 Å². The lowest BCUT2D eigenvalue weighted by Gasteiger charge is -1.99. The van der Waals surface area contributed by atoms with Gasteiger partial charge in [0.2, 0.25) is 0 Å². The molecule has 2 rings (SSSR count). The van der Waals surface area contributed by atoms with E-state index in [0.29, 0.717) is 5.69 Å². The molecule has 4 heteroatoms. The highest BCUT2D eigenvalue weighted by atomic mass is 16.6. The van der Waals surface area contributed by atoms with E-state index in [9.17, 15) is 5.11 Å². The molecule has 1 N–H and O–H groups in total. The van der Waals surface area contributed by atoms with Gasteiger partial charge in [0, 0.05) is 0 Å². The van der Waals surface area contributed by atoms with Gasteiger partial charge in [0.15, 0.2) is 0 Å². The van der Waals surface area contributed by atoms with Crippen LogP contribution in [0.4, 0.5) is 5.69 Å². The highest BCUT2D eigenvalue weighted by Gasteiger charge is 1.99. The summed E-state index contributed by atoms with van der Waals surface area (Å²) in [5, 5.41) is 13.4. The van der Waals surface area contributed by atoms with E-state index in [4.69, 9.17) is 4.74 Å². The van der Waals surface area contributed by atoms with Crippen molar-refractivity contribution in [2.24, 2.45) is 5.11 Å². The van der Waals surface area contributed by atoms with Crippen LogP contribution in [0.25, 0.3) is 0 Å². The van der Waals surface area contributed by atoms with Crippen molar-refractivity contribution in [3.8, 4) is 0 Å². The molecule has 0 radical (unpaired) electrons. The molecule has 0 fully saturated rings. The first kappa shape index (κ1) is 13.6. The second-order valence-electron chi connectivity index (χ2n) is 4.23. The minimum absolute atomic E-state index is 0.264. The van der Waals surface area contributed by atoms with E-state index in [1.54, 1.807) is 0 Å². The molecule has 4 nitrogen and oxygen atoms in total. The molecule has 2 aromatic carbocycles. The molecule has 0 bridgehead atoms. The van der Waals surface area contributed by atoms with Gasteiger partial charge in [0.1, 0.15) is 22.2 Å². The summed E-state index contributed by atoms with van der Waals surface area (Å²) in [6.45, 7) is 2.26. The summed E-state index contributed by atoms with van der Waals surface area (Å²) in [7, 11) is 0. The summed E-state index contributed by atoms with van der Waals surface area (Å²) in [6, 6.07) is 17.1. The van der Waals surface area contributed by atoms with E-state index >= 15 is 0 Å². The number of benzene rings is 2. The number of nitrogens with zero attached hydrogens (tertiary/aromatic N) is 2. The highest BCUT2D eigenvalue weighted by Crippen LogP contribution is 2.10. The molecule has 100 valence electrons. The maximum atomic E-state index is 9.46. The number of aryl methyl sites for hydroxylation is 1. The quantitative estimate of drug-likeness (QED) is 0.398. The summed E-state index contributed by atoms with van der Waals surface area (Å²) >= 11 is 0. The summed E-state index contributed by atoms with van der Waals surface area (Å²) < 4.78 is 5.09. The summed E-state index contributed by atoms with van der Waals surface area (Å²) in [5.41, 5.74) is 2.80. The predicted octanol–water partition coefficient (Wildman–Crippen LogP) is 3.57. The van der Waals surface area contributed by atoms with E-state index < -0.39 is 0 Å². The average molecular weight is 267 g/mol. The number of rotatable bonds is 4. The Hall–Kier alpha value is -2.80. The Morgan fingerprint density at radius 1 is 1.15 bits per heavy atom. The van der Waals surface area contributed by atoms with E-state index in [-0.39, 0.29) is 12.6 Å². The Bertz CT molecular complexity index is 651. The predicted molar refractivity (Wildman–Crippen MR) is 75.9 cm³/mol. The maximum absolute atomic E-state index is 9.46. The normalized spacial score (nSPS) is 9.25. The molecule has 0 atom stereocenters. The van der Waals surface area contributed by atoms with Gasteiger partial charge in [-0.3, -0.25) is 0 Å². The van der Waals surface area contributed by atoms with Gasteiger partial charge >= 0.3 is 11.8 Å². The van der Waals surface area contributed by atoms with E-state index in [2.05, 4.69) is 15.8 Å². The minimum Gasteiger partial charge on any atom is -0.470 e. The van der Waals surface area contributed by atoms with Gasteiger partial charge in [0.25, 0.3) is 0 Å². The molecule has 20 heavy (non-hydrogen) atoms. The SMILES string of the molecule is Cc1ccc(N=[N+]=C=C(O)OCc2ccccc2)cc1. The first-order valence-corrected chi connectivity index (χ1v) is 6.20. The number of aliphatic hydroxyl groups is 1. The average Bonchev–Trinajstić information content (AvgIpc) is 2.48. The smallest absolute Gasteiger partial charge is 0.441 e. The van der Waals surface area contributed by atoms with Crippen LogP contribution in [0.5, 0.6) is 0 Å².